The van der Waals surface area contributed by atoms with Crippen LogP contribution in [0.4, 0.5) is 4.39 Å². The van der Waals surface area contributed by atoms with Crippen molar-refractivity contribution in [3.8, 4) is 0 Å². The predicted molar refractivity (Wildman–Crippen MR) is 88.1 cm³/mol. The number of rotatable bonds is 4. The van der Waals surface area contributed by atoms with Crippen LogP contribution in [-0.4, -0.2) is 5.54 Å². The lowest BCUT2D eigenvalue weighted by Crippen LogP contribution is -2.47. The van der Waals surface area contributed by atoms with Crippen LogP contribution in [0.25, 0.3) is 0 Å². The van der Waals surface area contributed by atoms with Gasteiger partial charge in [0.25, 0.3) is 0 Å². The first-order valence-electron chi connectivity index (χ1n) is 7.98. The smallest absolute Gasteiger partial charge is 0.126 e. The SMILES string of the molecule is CCC(C)(C)C1CCC(N)(Cc2cc(Cl)ccc2F)CC1. The van der Waals surface area contributed by atoms with Crippen LogP contribution >= 0.6 is 11.6 Å². The Hall–Kier alpha value is -0.600. The molecular formula is C18H27ClFN. The van der Waals surface area contributed by atoms with Crippen molar-refractivity contribution in [2.45, 2.75) is 64.8 Å². The molecular weight excluding hydrogens is 285 g/mol. The van der Waals surface area contributed by atoms with Crippen molar-refractivity contribution in [3.05, 3.63) is 34.6 Å². The van der Waals surface area contributed by atoms with Crippen LogP contribution in [0.1, 0.15) is 58.4 Å². The van der Waals surface area contributed by atoms with Gasteiger partial charge in [0.15, 0.2) is 0 Å². The fourth-order valence-electron chi connectivity index (χ4n) is 3.50. The quantitative estimate of drug-likeness (QED) is 0.797. The molecule has 1 aliphatic rings. The second kappa shape index (κ2) is 6.26. The Labute approximate surface area is 133 Å². The second-order valence-electron chi connectivity index (χ2n) is 7.39. The van der Waals surface area contributed by atoms with E-state index in [-0.39, 0.29) is 11.4 Å². The Balaban J connectivity index is 2.04. The van der Waals surface area contributed by atoms with Crippen LogP contribution in [0, 0.1) is 17.2 Å². The number of benzene rings is 1. The van der Waals surface area contributed by atoms with Gasteiger partial charge in [0.1, 0.15) is 5.82 Å². The summed E-state index contributed by atoms with van der Waals surface area (Å²) >= 11 is 5.97. The summed E-state index contributed by atoms with van der Waals surface area (Å²) < 4.78 is 13.9. The molecule has 118 valence electrons. The minimum absolute atomic E-state index is 0.194. The monoisotopic (exact) mass is 311 g/mol. The summed E-state index contributed by atoms with van der Waals surface area (Å²) in [6, 6.07) is 4.74. The zero-order valence-electron chi connectivity index (χ0n) is 13.4. The molecule has 0 amide bonds. The van der Waals surface area contributed by atoms with Crippen molar-refractivity contribution in [2.24, 2.45) is 17.1 Å². The molecule has 1 nitrogen and oxygen atoms in total. The molecule has 0 atom stereocenters. The van der Waals surface area contributed by atoms with Gasteiger partial charge in [-0.15, -0.1) is 0 Å². The molecule has 0 unspecified atom stereocenters. The molecule has 0 heterocycles. The van der Waals surface area contributed by atoms with Crippen molar-refractivity contribution in [3.63, 3.8) is 0 Å². The minimum Gasteiger partial charge on any atom is -0.325 e. The summed E-state index contributed by atoms with van der Waals surface area (Å²) in [4.78, 5) is 0. The Bertz CT molecular complexity index is 490. The van der Waals surface area contributed by atoms with Crippen LogP contribution < -0.4 is 5.73 Å². The van der Waals surface area contributed by atoms with Gasteiger partial charge in [0, 0.05) is 10.6 Å². The van der Waals surface area contributed by atoms with Crippen molar-refractivity contribution in [1.29, 1.82) is 0 Å². The van der Waals surface area contributed by atoms with Gasteiger partial charge in [0.2, 0.25) is 0 Å². The maximum atomic E-state index is 13.9. The molecule has 1 fully saturated rings. The van der Waals surface area contributed by atoms with Crippen LogP contribution in [-0.2, 0) is 6.42 Å². The van der Waals surface area contributed by atoms with E-state index in [1.807, 2.05) is 0 Å². The summed E-state index contributed by atoms with van der Waals surface area (Å²) in [5.74, 6) is 0.531. The molecule has 1 aromatic carbocycles. The molecule has 0 radical (unpaired) electrons. The van der Waals surface area contributed by atoms with Crippen LogP contribution in [0.3, 0.4) is 0 Å². The van der Waals surface area contributed by atoms with Gasteiger partial charge in [-0.25, -0.2) is 4.39 Å². The fourth-order valence-corrected chi connectivity index (χ4v) is 3.69. The maximum absolute atomic E-state index is 13.9. The fraction of sp³-hybridized carbons (Fsp3) is 0.667. The highest BCUT2D eigenvalue weighted by molar-refractivity contribution is 6.30. The van der Waals surface area contributed by atoms with Crippen LogP contribution in [0.2, 0.25) is 5.02 Å². The summed E-state index contributed by atoms with van der Waals surface area (Å²) in [5.41, 5.74) is 7.29. The van der Waals surface area contributed by atoms with Crippen molar-refractivity contribution >= 4 is 11.6 Å². The van der Waals surface area contributed by atoms with E-state index >= 15 is 0 Å². The highest BCUT2D eigenvalue weighted by Crippen LogP contribution is 2.43. The highest BCUT2D eigenvalue weighted by Gasteiger charge is 2.37. The molecule has 3 heteroatoms. The van der Waals surface area contributed by atoms with Gasteiger partial charge in [-0.3, -0.25) is 0 Å². The lowest BCUT2D eigenvalue weighted by molar-refractivity contribution is 0.115. The normalized spacial score (nSPS) is 26.9. The van der Waals surface area contributed by atoms with Crippen molar-refractivity contribution in [1.82, 2.24) is 0 Å². The van der Waals surface area contributed by atoms with Gasteiger partial charge < -0.3 is 5.73 Å². The first-order chi connectivity index (χ1) is 9.76. The number of halogens is 2. The Kier molecular flexibility index (Phi) is 4.99. The number of hydrogen-bond donors (Lipinski definition) is 1. The zero-order chi connectivity index (χ0) is 15.7. The molecule has 1 aromatic rings. The summed E-state index contributed by atoms with van der Waals surface area (Å²) in [6.07, 6.45) is 5.98. The molecule has 0 spiro atoms. The van der Waals surface area contributed by atoms with Crippen LogP contribution in [0.5, 0.6) is 0 Å². The third kappa shape index (κ3) is 3.98. The van der Waals surface area contributed by atoms with E-state index in [1.54, 1.807) is 12.1 Å². The van der Waals surface area contributed by atoms with Crippen molar-refractivity contribution in [2.75, 3.05) is 0 Å². The van der Waals surface area contributed by atoms with Gasteiger partial charge in [-0.05, 0) is 67.2 Å². The lowest BCUT2D eigenvalue weighted by Gasteiger charge is -2.43. The predicted octanol–water partition coefficient (Wildman–Crippen LogP) is 5.35. The Morgan fingerprint density at radius 1 is 1.33 bits per heavy atom. The average Bonchev–Trinajstić information content (AvgIpc) is 2.43. The average molecular weight is 312 g/mol. The Morgan fingerprint density at radius 2 is 1.95 bits per heavy atom. The largest absolute Gasteiger partial charge is 0.325 e. The van der Waals surface area contributed by atoms with Crippen LogP contribution in [0.15, 0.2) is 18.2 Å². The highest BCUT2D eigenvalue weighted by atomic mass is 35.5. The molecule has 2 N–H and O–H groups in total. The molecule has 21 heavy (non-hydrogen) atoms. The summed E-state index contributed by atoms with van der Waals surface area (Å²) in [6.45, 7) is 6.95. The van der Waals surface area contributed by atoms with Gasteiger partial charge in [-0.1, -0.05) is 38.8 Å². The van der Waals surface area contributed by atoms with E-state index in [0.717, 1.165) is 31.6 Å². The molecule has 0 aromatic heterocycles. The zero-order valence-corrected chi connectivity index (χ0v) is 14.1. The van der Waals surface area contributed by atoms with Crippen molar-refractivity contribution < 1.29 is 4.39 Å². The van der Waals surface area contributed by atoms with Gasteiger partial charge in [0.05, 0.1) is 0 Å². The topological polar surface area (TPSA) is 26.0 Å². The van der Waals surface area contributed by atoms with Gasteiger partial charge in [-0.2, -0.15) is 0 Å². The third-order valence-corrected chi connectivity index (χ3v) is 5.78. The number of nitrogens with two attached hydrogens (primary N) is 1. The van der Waals surface area contributed by atoms with E-state index in [0.29, 0.717) is 22.4 Å². The molecule has 2 rings (SSSR count). The first-order valence-corrected chi connectivity index (χ1v) is 8.36. The Morgan fingerprint density at radius 3 is 2.52 bits per heavy atom. The summed E-state index contributed by atoms with van der Waals surface area (Å²) in [5, 5.41) is 0.579. The first kappa shape index (κ1) is 16.8. The molecule has 0 saturated heterocycles. The van der Waals surface area contributed by atoms with E-state index in [1.165, 1.54) is 12.5 Å². The molecule has 1 aliphatic carbocycles. The van der Waals surface area contributed by atoms with Gasteiger partial charge >= 0.3 is 0 Å². The lowest BCUT2D eigenvalue weighted by atomic mass is 9.65. The third-order valence-electron chi connectivity index (χ3n) is 5.55. The molecule has 0 aliphatic heterocycles. The number of hydrogen-bond acceptors (Lipinski definition) is 1. The minimum atomic E-state index is -0.286. The standard InChI is InChI=1S/C18H27ClFN/c1-4-17(2,3)14-7-9-18(21,10-8-14)12-13-11-15(19)5-6-16(13)20/h5-6,11,14H,4,7-10,12,21H2,1-3H3. The maximum Gasteiger partial charge on any atom is 0.126 e. The van der Waals surface area contributed by atoms with E-state index in [4.69, 9.17) is 17.3 Å². The second-order valence-corrected chi connectivity index (χ2v) is 7.83. The molecule has 0 bridgehead atoms. The van der Waals surface area contributed by atoms with E-state index in [9.17, 15) is 4.39 Å². The van der Waals surface area contributed by atoms with E-state index < -0.39 is 0 Å². The van der Waals surface area contributed by atoms with E-state index in [2.05, 4.69) is 20.8 Å². The molecule has 1 saturated carbocycles. The summed E-state index contributed by atoms with van der Waals surface area (Å²) in [7, 11) is 0.